The molecule has 0 radical (unpaired) electrons. The molecule has 0 unspecified atom stereocenters. The maximum Gasteiger partial charge on any atom is 0.205 e. The first-order chi connectivity index (χ1) is 6.28. The normalized spacial score (nSPS) is 16.4. The fourth-order valence-electron chi connectivity index (χ4n) is 0.957. The monoisotopic (exact) mass is 282 g/mol. The van der Waals surface area contributed by atoms with Crippen LogP contribution in [0.25, 0.3) is 0 Å². The van der Waals surface area contributed by atoms with Crippen LogP contribution in [0.4, 0.5) is 0 Å². The van der Waals surface area contributed by atoms with Crippen LogP contribution < -0.4 is 0 Å². The molecule has 1 N–H and O–H groups in total. The van der Waals surface area contributed by atoms with Gasteiger partial charge in [0.25, 0.3) is 0 Å². The standard InChI is InChI=1S/C10H19BrO2S/c1-5-6-7(12)8(11)9(13)14-10(2,3)4/h7-8,12H,5-6H2,1-4H3/t7-,8-/m0/s1. The van der Waals surface area contributed by atoms with Crippen LogP contribution in [-0.4, -0.2) is 25.9 Å². The van der Waals surface area contributed by atoms with Crippen LogP contribution in [0.15, 0.2) is 0 Å². The van der Waals surface area contributed by atoms with E-state index in [1.165, 1.54) is 11.8 Å². The Labute approximate surface area is 99.0 Å². The number of thioether (sulfide) groups is 1. The van der Waals surface area contributed by atoms with Gasteiger partial charge in [-0.25, -0.2) is 0 Å². The number of carbonyl (C=O) groups is 1. The molecule has 0 amide bonds. The molecule has 84 valence electrons. The number of hydrogen-bond donors (Lipinski definition) is 1. The van der Waals surface area contributed by atoms with Crippen LogP contribution in [0.1, 0.15) is 40.5 Å². The average molecular weight is 283 g/mol. The summed E-state index contributed by atoms with van der Waals surface area (Å²) in [6, 6.07) is 0. The highest BCUT2D eigenvalue weighted by Gasteiger charge is 2.27. The number of aliphatic hydroxyl groups excluding tert-OH is 1. The van der Waals surface area contributed by atoms with Gasteiger partial charge in [0.2, 0.25) is 5.12 Å². The third-order valence-electron chi connectivity index (χ3n) is 1.55. The number of rotatable bonds is 4. The molecule has 0 aliphatic carbocycles. The Morgan fingerprint density at radius 3 is 2.36 bits per heavy atom. The summed E-state index contributed by atoms with van der Waals surface area (Å²) in [5.74, 6) is 0. The first-order valence-electron chi connectivity index (χ1n) is 4.83. The zero-order chi connectivity index (χ0) is 11.4. The van der Waals surface area contributed by atoms with Crippen molar-refractivity contribution in [3.05, 3.63) is 0 Å². The lowest BCUT2D eigenvalue weighted by Crippen LogP contribution is -2.29. The van der Waals surface area contributed by atoms with Crippen LogP contribution in [0.3, 0.4) is 0 Å². The molecular formula is C10H19BrO2S. The molecule has 0 aromatic rings. The molecule has 0 aromatic heterocycles. The van der Waals surface area contributed by atoms with E-state index in [9.17, 15) is 9.90 Å². The SMILES string of the molecule is CCC[C@H](O)[C@H](Br)C(=O)SC(C)(C)C. The average Bonchev–Trinajstić information content (AvgIpc) is 2.00. The lowest BCUT2D eigenvalue weighted by Gasteiger charge is -2.21. The summed E-state index contributed by atoms with van der Waals surface area (Å²) >= 11 is 4.52. The van der Waals surface area contributed by atoms with Crippen molar-refractivity contribution in [1.82, 2.24) is 0 Å². The Balaban J connectivity index is 4.12. The molecule has 0 fully saturated rings. The summed E-state index contributed by atoms with van der Waals surface area (Å²) in [6.45, 7) is 7.95. The van der Waals surface area contributed by atoms with E-state index in [1.807, 2.05) is 27.7 Å². The molecule has 0 heterocycles. The van der Waals surface area contributed by atoms with Gasteiger partial charge in [0.15, 0.2) is 0 Å². The molecule has 0 aromatic carbocycles. The van der Waals surface area contributed by atoms with Gasteiger partial charge in [0.1, 0.15) is 4.83 Å². The van der Waals surface area contributed by atoms with E-state index in [4.69, 9.17) is 0 Å². The molecule has 0 bridgehead atoms. The zero-order valence-electron chi connectivity index (χ0n) is 9.21. The summed E-state index contributed by atoms with van der Waals surface area (Å²) in [6.07, 6.45) is 0.977. The minimum absolute atomic E-state index is 0.0125. The van der Waals surface area contributed by atoms with Gasteiger partial charge in [-0.3, -0.25) is 4.79 Å². The van der Waals surface area contributed by atoms with Gasteiger partial charge < -0.3 is 5.11 Å². The van der Waals surface area contributed by atoms with Gasteiger partial charge in [0.05, 0.1) is 6.10 Å². The second-order valence-electron chi connectivity index (χ2n) is 4.29. The van der Waals surface area contributed by atoms with Crippen LogP contribution in [-0.2, 0) is 4.79 Å². The maximum atomic E-state index is 11.6. The number of hydrogen-bond acceptors (Lipinski definition) is 3. The third kappa shape index (κ3) is 6.04. The van der Waals surface area contributed by atoms with Crippen molar-refractivity contribution >= 4 is 32.8 Å². The summed E-state index contributed by atoms with van der Waals surface area (Å²) < 4.78 is -0.0883. The number of alkyl halides is 1. The Hall–Kier alpha value is 0.460. The molecule has 0 rings (SSSR count). The Bertz CT molecular complexity index is 189. The lowest BCUT2D eigenvalue weighted by atomic mass is 10.1. The van der Waals surface area contributed by atoms with Gasteiger partial charge in [-0.05, 0) is 6.42 Å². The molecule has 0 aliphatic rings. The molecule has 2 atom stereocenters. The van der Waals surface area contributed by atoms with E-state index in [-0.39, 0.29) is 9.86 Å². The second kappa shape index (κ2) is 6.13. The Morgan fingerprint density at radius 2 is 2.00 bits per heavy atom. The fourth-order valence-corrected chi connectivity index (χ4v) is 2.38. The van der Waals surface area contributed by atoms with Gasteiger partial charge in [-0.1, -0.05) is 61.8 Å². The van der Waals surface area contributed by atoms with E-state index in [0.29, 0.717) is 6.42 Å². The van der Waals surface area contributed by atoms with Crippen molar-refractivity contribution in [3.63, 3.8) is 0 Å². The first kappa shape index (κ1) is 14.5. The van der Waals surface area contributed by atoms with E-state index in [1.54, 1.807) is 0 Å². The van der Waals surface area contributed by atoms with Gasteiger partial charge in [-0.15, -0.1) is 0 Å². The van der Waals surface area contributed by atoms with Crippen molar-refractivity contribution < 1.29 is 9.90 Å². The van der Waals surface area contributed by atoms with Crippen molar-refractivity contribution in [2.45, 2.75) is 56.2 Å². The Kier molecular flexibility index (Phi) is 6.33. The topological polar surface area (TPSA) is 37.3 Å². The molecule has 0 aliphatic heterocycles. The summed E-state index contributed by atoms with van der Waals surface area (Å²) in [4.78, 5) is 11.2. The van der Waals surface area contributed by atoms with E-state index < -0.39 is 10.9 Å². The number of aliphatic hydroxyl groups is 1. The van der Waals surface area contributed by atoms with Crippen LogP contribution in [0.2, 0.25) is 0 Å². The molecule has 0 spiro atoms. The molecule has 4 heteroatoms. The fraction of sp³-hybridized carbons (Fsp3) is 0.900. The minimum Gasteiger partial charge on any atom is -0.391 e. The third-order valence-corrected chi connectivity index (χ3v) is 3.95. The van der Waals surface area contributed by atoms with Crippen molar-refractivity contribution in [3.8, 4) is 0 Å². The summed E-state index contributed by atoms with van der Waals surface area (Å²) in [5, 5.41) is 9.62. The molecule has 0 saturated heterocycles. The molecular weight excluding hydrogens is 264 g/mol. The van der Waals surface area contributed by atoms with E-state index >= 15 is 0 Å². The molecule has 14 heavy (non-hydrogen) atoms. The largest absolute Gasteiger partial charge is 0.391 e. The van der Waals surface area contributed by atoms with Crippen molar-refractivity contribution in [2.24, 2.45) is 0 Å². The van der Waals surface area contributed by atoms with Crippen molar-refractivity contribution in [1.29, 1.82) is 0 Å². The highest BCUT2D eigenvalue weighted by atomic mass is 79.9. The van der Waals surface area contributed by atoms with E-state index in [2.05, 4.69) is 15.9 Å². The smallest absolute Gasteiger partial charge is 0.205 e. The predicted molar refractivity (Wildman–Crippen MR) is 66.0 cm³/mol. The summed E-state index contributed by atoms with van der Waals surface area (Å²) in [7, 11) is 0. The quantitative estimate of drug-likeness (QED) is 0.806. The van der Waals surface area contributed by atoms with Crippen LogP contribution >= 0.6 is 27.7 Å². The van der Waals surface area contributed by atoms with Crippen LogP contribution in [0, 0.1) is 0 Å². The molecule has 0 saturated carbocycles. The highest BCUT2D eigenvalue weighted by Crippen LogP contribution is 2.28. The predicted octanol–water partition coefficient (Wildman–Crippen LogP) is 2.97. The second-order valence-corrected chi connectivity index (χ2v) is 7.11. The van der Waals surface area contributed by atoms with E-state index in [0.717, 1.165) is 6.42 Å². The number of halogens is 1. The highest BCUT2D eigenvalue weighted by molar-refractivity contribution is 9.10. The minimum atomic E-state index is -0.567. The number of carbonyl (C=O) groups excluding carboxylic acids is 1. The lowest BCUT2D eigenvalue weighted by molar-refractivity contribution is -0.112. The van der Waals surface area contributed by atoms with Gasteiger partial charge >= 0.3 is 0 Å². The van der Waals surface area contributed by atoms with Gasteiger partial charge in [-0.2, -0.15) is 0 Å². The Morgan fingerprint density at radius 1 is 1.50 bits per heavy atom. The maximum absolute atomic E-state index is 11.6. The van der Waals surface area contributed by atoms with Gasteiger partial charge in [0, 0.05) is 4.75 Å². The zero-order valence-corrected chi connectivity index (χ0v) is 11.6. The molecule has 2 nitrogen and oxygen atoms in total. The van der Waals surface area contributed by atoms with Crippen molar-refractivity contribution in [2.75, 3.05) is 0 Å². The first-order valence-corrected chi connectivity index (χ1v) is 6.56. The van der Waals surface area contributed by atoms with Crippen LogP contribution in [0.5, 0.6) is 0 Å². The summed E-state index contributed by atoms with van der Waals surface area (Å²) in [5.41, 5.74) is 0.